The molecule has 2 aromatic rings. The molecule has 154 valence electrons. The summed E-state index contributed by atoms with van der Waals surface area (Å²) in [4.78, 5) is 4.78. The molecule has 0 aliphatic heterocycles. The summed E-state index contributed by atoms with van der Waals surface area (Å²) in [5, 5.41) is 6.48. The molecule has 0 unspecified atom stereocenters. The van der Waals surface area contributed by atoms with Crippen molar-refractivity contribution in [2.45, 2.75) is 24.9 Å². The fraction of sp³-hybridized carbons (Fsp3) is 0.421. The lowest BCUT2D eigenvalue weighted by molar-refractivity contribution is 0.204. The number of nitrogens with zero attached hydrogens (tertiary/aromatic N) is 2. The van der Waals surface area contributed by atoms with E-state index in [1.54, 1.807) is 18.2 Å². The molecule has 1 aromatic carbocycles. The Morgan fingerprint density at radius 2 is 1.93 bits per heavy atom. The fourth-order valence-corrected chi connectivity index (χ4v) is 3.59. The first-order valence-corrected chi connectivity index (χ1v) is 10.7. The summed E-state index contributed by atoms with van der Waals surface area (Å²) < 4.78 is 34.1. The van der Waals surface area contributed by atoms with Crippen molar-refractivity contribution in [2.75, 3.05) is 33.4 Å². The van der Waals surface area contributed by atoms with Crippen molar-refractivity contribution in [3.05, 3.63) is 54.4 Å². The van der Waals surface area contributed by atoms with E-state index >= 15 is 0 Å². The van der Waals surface area contributed by atoms with Crippen LogP contribution in [0.5, 0.6) is 0 Å². The van der Waals surface area contributed by atoms with Gasteiger partial charge in [0.1, 0.15) is 0 Å². The Hall–Kier alpha value is -2.36. The van der Waals surface area contributed by atoms with Gasteiger partial charge in [0.2, 0.25) is 10.0 Å². The molecule has 0 aliphatic rings. The number of rotatable bonds is 11. The Morgan fingerprint density at radius 1 is 1.14 bits per heavy atom. The van der Waals surface area contributed by atoms with Crippen LogP contribution in [-0.2, 0) is 27.8 Å². The molecule has 0 aliphatic carbocycles. The van der Waals surface area contributed by atoms with E-state index in [1.165, 1.54) is 7.11 Å². The molecule has 1 aromatic heterocycles. The molecule has 3 N–H and O–H groups in total. The third-order valence-corrected chi connectivity index (χ3v) is 5.36. The minimum Gasteiger partial charge on any atom is -0.383 e. The monoisotopic (exact) mass is 407 g/mol. The molecule has 28 heavy (non-hydrogen) atoms. The van der Waals surface area contributed by atoms with E-state index in [9.17, 15) is 8.42 Å². The average Bonchev–Trinajstić information content (AvgIpc) is 3.20. The summed E-state index contributed by atoms with van der Waals surface area (Å²) in [7, 11) is -2.03. The van der Waals surface area contributed by atoms with Crippen molar-refractivity contribution in [3.8, 4) is 0 Å². The van der Waals surface area contributed by atoms with Gasteiger partial charge in [-0.2, -0.15) is 0 Å². The Bertz CT molecular complexity index is 835. The first-order chi connectivity index (χ1) is 13.5. The van der Waals surface area contributed by atoms with Gasteiger partial charge in [-0.05, 0) is 36.8 Å². The predicted octanol–water partition coefficient (Wildman–Crippen LogP) is 1.17. The van der Waals surface area contributed by atoms with E-state index in [0.717, 1.165) is 25.2 Å². The number of nitrogens with one attached hydrogen (secondary N) is 3. The molecule has 0 fully saturated rings. The number of guanidine groups is 1. The zero-order chi connectivity index (χ0) is 20.2. The molecule has 2 rings (SSSR count). The van der Waals surface area contributed by atoms with Crippen LogP contribution in [0.15, 0.2) is 58.7 Å². The Kier molecular flexibility index (Phi) is 8.99. The van der Waals surface area contributed by atoms with Crippen LogP contribution in [0.25, 0.3) is 0 Å². The van der Waals surface area contributed by atoms with Gasteiger partial charge < -0.3 is 19.9 Å². The largest absolute Gasteiger partial charge is 0.383 e. The maximum Gasteiger partial charge on any atom is 0.240 e. The third-order valence-electron chi connectivity index (χ3n) is 3.90. The second kappa shape index (κ2) is 11.5. The number of ether oxygens (including phenoxy) is 1. The SMILES string of the molecule is CCNC(=NCc1cccc(S(=O)(=O)NCCOC)c1)NCCn1cccc1. The summed E-state index contributed by atoms with van der Waals surface area (Å²) in [5.41, 5.74) is 0.817. The molecule has 8 nitrogen and oxygen atoms in total. The molecule has 0 amide bonds. The Balaban J connectivity index is 1.97. The molecule has 0 saturated heterocycles. The Labute approximate surface area is 167 Å². The van der Waals surface area contributed by atoms with Crippen LogP contribution in [0.1, 0.15) is 12.5 Å². The molecule has 0 atom stereocenters. The third kappa shape index (κ3) is 7.34. The quantitative estimate of drug-likeness (QED) is 0.295. The van der Waals surface area contributed by atoms with Crippen LogP contribution >= 0.6 is 0 Å². The number of sulfonamides is 1. The highest BCUT2D eigenvalue weighted by Crippen LogP contribution is 2.12. The maximum absolute atomic E-state index is 12.3. The van der Waals surface area contributed by atoms with Gasteiger partial charge in [-0.3, -0.25) is 0 Å². The topological polar surface area (TPSA) is 96.8 Å². The number of aromatic nitrogens is 1. The summed E-state index contributed by atoms with van der Waals surface area (Å²) in [5.74, 6) is 0.695. The van der Waals surface area contributed by atoms with Crippen LogP contribution in [0.3, 0.4) is 0 Å². The van der Waals surface area contributed by atoms with Crippen LogP contribution in [0.2, 0.25) is 0 Å². The highest BCUT2D eigenvalue weighted by atomic mass is 32.2. The lowest BCUT2D eigenvalue weighted by Crippen LogP contribution is -2.38. The molecular formula is C19H29N5O3S. The molecule has 0 radical (unpaired) electrons. The van der Waals surface area contributed by atoms with Gasteiger partial charge in [-0.25, -0.2) is 18.1 Å². The van der Waals surface area contributed by atoms with Gasteiger partial charge in [0.15, 0.2) is 5.96 Å². The van der Waals surface area contributed by atoms with Crippen molar-refractivity contribution in [3.63, 3.8) is 0 Å². The van der Waals surface area contributed by atoms with Gasteiger partial charge in [0.05, 0.1) is 18.0 Å². The van der Waals surface area contributed by atoms with Crippen molar-refractivity contribution >= 4 is 16.0 Å². The van der Waals surface area contributed by atoms with E-state index in [2.05, 4.69) is 24.9 Å². The number of methoxy groups -OCH3 is 1. The zero-order valence-corrected chi connectivity index (χ0v) is 17.2. The van der Waals surface area contributed by atoms with Crippen LogP contribution in [-0.4, -0.2) is 52.3 Å². The summed E-state index contributed by atoms with van der Waals surface area (Å²) in [6.07, 6.45) is 4.02. The molecular weight excluding hydrogens is 378 g/mol. The van der Waals surface area contributed by atoms with Crippen LogP contribution in [0.4, 0.5) is 0 Å². The van der Waals surface area contributed by atoms with E-state index < -0.39 is 10.0 Å². The fourth-order valence-electron chi connectivity index (χ4n) is 2.51. The minimum absolute atomic E-state index is 0.224. The second-order valence-corrected chi connectivity index (χ2v) is 7.85. The lowest BCUT2D eigenvalue weighted by Gasteiger charge is -2.12. The van der Waals surface area contributed by atoms with Crippen molar-refractivity contribution in [1.82, 2.24) is 19.9 Å². The lowest BCUT2D eigenvalue weighted by atomic mass is 10.2. The van der Waals surface area contributed by atoms with Gasteiger partial charge >= 0.3 is 0 Å². The first-order valence-electron chi connectivity index (χ1n) is 9.25. The smallest absolute Gasteiger partial charge is 0.240 e. The van der Waals surface area contributed by atoms with Gasteiger partial charge in [0.25, 0.3) is 0 Å². The summed E-state index contributed by atoms with van der Waals surface area (Å²) in [6.45, 7) is 5.24. The van der Waals surface area contributed by atoms with Crippen molar-refractivity contribution in [1.29, 1.82) is 0 Å². The molecule has 0 saturated carbocycles. The zero-order valence-electron chi connectivity index (χ0n) is 16.4. The number of hydrogen-bond donors (Lipinski definition) is 3. The van der Waals surface area contributed by atoms with E-state index in [4.69, 9.17) is 4.74 Å². The van der Waals surface area contributed by atoms with Crippen molar-refractivity contribution in [2.24, 2.45) is 4.99 Å². The molecule has 1 heterocycles. The van der Waals surface area contributed by atoms with E-state index in [1.807, 2.05) is 37.5 Å². The first kappa shape index (κ1) is 21.9. The number of hydrogen-bond acceptors (Lipinski definition) is 4. The second-order valence-electron chi connectivity index (χ2n) is 6.08. The predicted molar refractivity (Wildman–Crippen MR) is 111 cm³/mol. The summed E-state index contributed by atoms with van der Waals surface area (Å²) in [6, 6.07) is 10.8. The van der Waals surface area contributed by atoms with E-state index in [-0.39, 0.29) is 11.4 Å². The normalized spacial score (nSPS) is 12.1. The van der Waals surface area contributed by atoms with Gasteiger partial charge in [0, 0.05) is 45.7 Å². The van der Waals surface area contributed by atoms with Crippen LogP contribution < -0.4 is 15.4 Å². The average molecular weight is 408 g/mol. The highest BCUT2D eigenvalue weighted by Gasteiger charge is 2.13. The van der Waals surface area contributed by atoms with Crippen LogP contribution in [0, 0.1) is 0 Å². The Morgan fingerprint density at radius 3 is 2.64 bits per heavy atom. The molecule has 9 heteroatoms. The maximum atomic E-state index is 12.3. The molecule has 0 spiro atoms. The van der Waals surface area contributed by atoms with E-state index in [0.29, 0.717) is 19.1 Å². The van der Waals surface area contributed by atoms with Crippen molar-refractivity contribution < 1.29 is 13.2 Å². The number of benzene rings is 1. The van der Waals surface area contributed by atoms with Gasteiger partial charge in [-0.15, -0.1) is 0 Å². The summed E-state index contributed by atoms with van der Waals surface area (Å²) >= 11 is 0. The standard InChI is InChI=1S/C19H29N5O3S/c1-3-20-19(21-9-13-24-11-4-5-12-24)22-16-17-7-6-8-18(15-17)28(25,26)23-10-14-27-2/h4-8,11-12,15,23H,3,9-10,13-14,16H2,1-2H3,(H2,20,21,22). The van der Waals surface area contributed by atoms with Gasteiger partial charge in [-0.1, -0.05) is 12.1 Å². The number of aliphatic imine (C=N–C) groups is 1. The molecule has 0 bridgehead atoms. The highest BCUT2D eigenvalue weighted by molar-refractivity contribution is 7.89. The minimum atomic E-state index is -3.56.